The van der Waals surface area contributed by atoms with Crippen molar-refractivity contribution in [2.75, 3.05) is 19.7 Å². The fourth-order valence-corrected chi connectivity index (χ4v) is 2.38. The average molecular weight is 283 g/mol. The average Bonchev–Trinajstić information content (AvgIpc) is 2.43. The second-order valence-corrected chi connectivity index (χ2v) is 5.14. The van der Waals surface area contributed by atoms with Crippen molar-refractivity contribution in [3.8, 4) is 0 Å². The Labute approximate surface area is 117 Å². The van der Waals surface area contributed by atoms with Crippen molar-refractivity contribution in [1.82, 2.24) is 16.0 Å². The number of carbonyl (C=O) groups excluding carboxylic acids is 3. The second-order valence-electron chi connectivity index (χ2n) is 5.14. The molecular formula is C13H21N3O4. The molecule has 0 bridgehead atoms. The first kappa shape index (κ1) is 14.9. The van der Waals surface area contributed by atoms with E-state index in [1.54, 1.807) is 0 Å². The second kappa shape index (κ2) is 7.35. The zero-order valence-corrected chi connectivity index (χ0v) is 11.4. The topological polar surface area (TPSA) is 96.5 Å². The Bertz CT molecular complexity index is 380. The quantitative estimate of drug-likeness (QED) is 0.566. The maximum atomic E-state index is 11.7. The van der Waals surface area contributed by atoms with E-state index in [9.17, 15) is 14.4 Å². The Morgan fingerprint density at radius 3 is 2.70 bits per heavy atom. The molecule has 2 rings (SSSR count). The van der Waals surface area contributed by atoms with Crippen molar-refractivity contribution < 1.29 is 19.1 Å². The van der Waals surface area contributed by atoms with Gasteiger partial charge in [0.25, 0.3) is 0 Å². The number of hydrogen-bond acceptors (Lipinski definition) is 5. The number of imide groups is 1. The van der Waals surface area contributed by atoms with Crippen molar-refractivity contribution in [1.29, 1.82) is 0 Å². The van der Waals surface area contributed by atoms with Crippen LogP contribution < -0.4 is 16.0 Å². The van der Waals surface area contributed by atoms with Crippen LogP contribution >= 0.6 is 0 Å². The lowest BCUT2D eigenvalue weighted by atomic mass is 10.1. The molecule has 1 unspecified atom stereocenters. The number of hydrogen-bond donors (Lipinski definition) is 3. The number of amides is 3. The summed E-state index contributed by atoms with van der Waals surface area (Å²) in [6.07, 6.45) is 3.03. The summed E-state index contributed by atoms with van der Waals surface area (Å²) in [5, 5.41) is 8.09. The molecule has 2 saturated heterocycles. The summed E-state index contributed by atoms with van der Waals surface area (Å²) in [5.41, 5.74) is 0. The van der Waals surface area contributed by atoms with E-state index in [0.717, 1.165) is 25.9 Å². The van der Waals surface area contributed by atoms with Gasteiger partial charge in [0.1, 0.15) is 6.04 Å². The van der Waals surface area contributed by atoms with Gasteiger partial charge < -0.3 is 15.4 Å². The van der Waals surface area contributed by atoms with Crippen LogP contribution in [0.15, 0.2) is 0 Å². The molecule has 7 nitrogen and oxygen atoms in total. The molecule has 0 aromatic rings. The standard InChI is InChI=1S/C13H21N3O4/c17-11-2-1-10(13(19)16-11)15-12(18)5-8-20-9-3-6-14-7-4-9/h9-10,14H,1-8H2,(H,15,18)(H,16,17,19). The summed E-state index contributed by atoms with van der Waals surface area (Å²) in [6.45, 7) is 2.27. The first-order valence-electron chi connectivity index (χ1n) is 7.10. The Kier molecular flexibility index (Phi) is 5.49. The predicted octanol–water partition coefficient (Wildman–Crippen LogP) is -0.933. The molecule has 0 aromatic heterocycles. The lowest BCUT2D eigenvalue weighted by Gasteiger charge is -2.24. The Morgan fingerprint density at radius 2 is 2.00 bits per heavy atom. The highest BCUT2D eigenvalue weighted by molar-refractivity contribution is 6.01. The van der Waals surface area contributed by atoms with E-state index in [1.165, 1.54) is 0 Å². The van der Waals surface area contributed by atoms with Crippen LogP contribution in [-0.2, 0) is 19.1 Å². The maximum absolute atomic E-state index is 11.7. The predicted molar refractivity (Wildman–Crippen MR) is 70.8 cm³/mol. The molecule has 0 spiro atoms. The molecule has 0 aliphatic carbocycles. The van der Waals surface area contributed by atoms with E-state index in [0.29, 0.717) is 13.0 Å². The van der Waals surface area contributed by atoms with E-state index in [2.05, 4.69) is 16.0 Å². The van der Waals surface area contributed by atoms with Gasteiger partial charge in [-0.2, -0.15) is 0 Å². The van der Waals surface area contributed by atoms with Crippen molar-refractivity contribution in [3.05, 3.63) is 0 Å². The summed E-state index contributed by atoms with van der Waals surface area (Å²) >= 11 is 0. The molecule has 20 heavy (non-hydrogen) atoms. The molecule has 2 heterocycles. The van der Waals surface area contributed by atoms with Gasteiger partial charge in [0.05, 0.1) is 12.7 Å². The normalized spacial score (nSPS) is 24.3. The van der Waals surface area contributed by atoms with E-state index in [1.807, 2.05) is 0 Å². The molecule has 0 aromatic carbocycles. The number of ether oxygens (including phenoxy) is 1. The monoisotopic (exact) mass is 283 g/mol. The van der Waals surface area contributed by atoms with Crippen LogP contribution in [0, 0.1) is 0 Å². The Morgan fingerprint density at radius 1 is 1.25 bits per heavy atom. The molecule has 7 heteroatoms. The van der Waals surface area contributed by atoms with Gasteiger partial charge in [0.15, 0.2) is 0 Å². The van der Waals surface area contributed by atoms with Crippen molar-refractivity contribution in [2.45, 2.75) is 44.2 Å². The van der Waals surface area contributed by atoms with Crippen molar-refractivity contribution in [3.63, 3.8) is 0 Å². The van der Waals surface area contributed by atoms with Gasteiger partial charge in [0.2, 0.25) is 17.7 Å². The summed E-state index contributed by atoms with van der Waals surface area (Å²) < 4.78 is 5.63. The van der Waals surface area contributed by atoms with Gasteiger partial charge in [0, 0.05) is 12.8 Å². The molecule has 2 aliphatic heterocycles. The molecule has 112 valence electrons. The fourth-order valence-electron chi connectivity index (χ4n) is 2.38. The molecule has 3 N–H and O–H groups in total. The summed E-state index contributed by atoms with van der Waals surface area (Å²) in [5.74, 6) is -0.919. The zero-order chi connectivity index (χ0) is 14.4. The zero-order valence-electron chi connectivity index (χ0n) is 11.4. The third-order valence-corrected chi connectivity index (χ3v) is 3.54. The van der Waals surface area contributed by atoms with Crippen molar-refractivity contribution >= 4 is 17.7 Å². The maximum Gasteiger partial charge on any atom is 0.249 e. The molecule has 2 fully saturated rings. The molecule has 2 aliphatic rings. The van der Waals surface area contributed by atoms with Crippen LogP contribution in [-0.4, -0.2) is 49.6 Å². The Hall–Kier alpha value is -1.47. The van der Waals surface area contributed by atoms with Crippen LogP contribution in [0.25, 0.3) is 0 Å². The molecular weight excluding hydrogens is 262 g/mol. The summed E-state index contributed by atoms with van der Waals surface area (Å²) in [7, 11) is 0. The number of rotatable bonds is 5. The lowest BCUT2D eigenvalue weighted by molar-refractivity contribution is -0.137. The molecule has 1 atom stereocenters. The van der Waals surface area contributed by atoms with Crippen molar-refractivity contribution in [2.24, 2.45) is 0 Å². The van der Waals surface area contributed by atoms with Gasteiger partial charge in [-0.3, -0.25) is 19.7 Å². The fraction of sp³-hybridized carbons (Fsp3) is 0.769. The number of piperidine rings is 2. The first-order chi connectivity index (χ1) is 9.65. The SMILES string of the molecule is O=C1CCC(NC(=O)CCOC2CCNCC2)C(=O)N1. The minimum absolute atomic E-state index is 0.214. The van der Waals surface area contributed by atoms with E-state index >= 15 is 0 Å². The minimum atomic E-state index is -0.598. The lowest BCUT2D eigenvalue weighted by Crippen LogP contribution is -2.52. The van der Waals surface area contributed by atoms with Crippen LogP contribution in [0.4, 0.5) is 0 Å². The van der Waals surface area contributed by atoms with E-state index in [4.69, 9.17) is 4.74 Å². The number of nitrogens with one attached hydrogen (secondary N) is 3. The van der Waals surface area contributed by atoms with Gasteiger partial charge in [-0.05, 0) is 32.4 Å². The van der Waals surface area contributed by atoms with Crippen LogP contribution in [0.3, 0.4) is 0 Å². The van der Waals surface area contributed by atoms with Gasteiger partial charge in [-0.15, -0.1) is 0 Å². The van der Waals surface area contributed by atoms with Crippen LogP contribution in [0.1, 0.15) is 32.1 Å². The largest absolute Gasteiger partial charge is 0.378 e. The highest BCUT2D eigenvalue weighted by Crippen LogP contribution is 2.08. The van der Waals surface area contributed by atoms with Crippen LogP contribution in [0.5, 0.6) is 0 Å². The van der Waals surface area contributed by atoms with Gasteiger partial charge in [-0.1, -0.05) is 0 Å². The molecule has 0 saturated carbocycles. The van der Waals surface area contributed by atoms with Gasteiger partial charge >= 0.3 is 0 Å². The van der Waals surface area contributed by atoms with E-state index < -0.39 is 11.9 Å². The molecule has 3 amide bonds. The highest BCUT2D eigenvalue weighted by atomic mass is 16.5. The van der Waals surface area contributed by atoms with Crippen LogP contribution in [0.2, 0.25) is 0 Å². The smallest absolute Gasteiger partial charge is 0.249 e. The summed E-state index contributed by atoms with van der Waals surface area (Å²) in [6, 6.07) is -0.598. The Balaban J connectivity index is 1.62. The minimum Gasteiger partial charge on any atom is -0.378 e. The first-order valence-corrected chi connectivity index (χ1v) is 7.10. The van der Waals surface area contributed by atoms with Gasteiger partial charge in [-0.25, -0.2) is 0 Å². The molecule has 0 radical (unpaired) electrons. The van der Waals surface area contributed by atoms with E-state index in [-0.39, 0.29) is 30.8 Å². The highest BCUT2D eigenvalue weighted by Gasteiger charge is 2.27. The third-order valence-electron chi connectivity index (χ3n) is 3.54. The number of carbonyl (C=O) groups is 3. The third kappa shape index (κ3) is 4.57. The summed E-state index contributed by atoms with van der Waals surface area (Å²) in [4.78, 5) is 34.2.